The van der Waals surface area contributed by atoms with E-state index >= 15 is 0 Å². The van der Waals surface area contributed by atoms with Crippen molar-refractivity contribution in [1.82, 2.24) is 10.6 Å². The van der Waals surface area contributed by atoms with Gasteiger partial charge < -0.3 is 20.1 Å². The zero-order valence-corrected chi connectivity index (χ0v) is 14.4. The quantitative estimate of drug-likeness (QED) is 0.794. The largest absolute Gasteiger partial charge is 0.497 e. The van der Waals surface area contributed by atoms with Crippen LogP contribution < -0.4 is 20.1 Å². The molecule has 0 spiro atoms. The monoisotopic (exact) mass is 330 g/mol. The highest BCUT2D eigenvalue weighted by Gasteiger charge is 2.13. The average molecular weight is 330 g/mol. The molecule has 2 aromatic rings. The molecule has 0 saturated carbocycles. The third-order valence-corrected chi connectivity index (χ3v) is 3.81. The van der Waals surface area contributed by atoms with Crippen molar-refractivity contribution < 1.29 is 9.47 Å². The van der Waals surface area contributed by atoms with Crippen molar-refractivity contribution in [2.75, 3.05) is 14.2 Å². The van der Waals surface area contributed by atoms with E-state index in [1.807, 2.05) is 43.3 Å². The Labute approximate surface area is 142 Å². The summed E-state index contributed by atoms with van der Waals surface area (Å²) in [6.07, 6.45) is 0. The molecule has 0 saturated heterocycles. The molecular formula is C18H22N2O2S. The summed E-state index contributed by atoms with van der Waals surface area (Å²) in [4.78, 5) is 0. The second-order valence-electron chi connectivity index (χ2n) is 5.14. The Hall–Kier alpha value is -2.27. The second kappa shape index (κ2) is 8.39. The van der Waals surface area contributed by atoms with E-state index in [1.165, 1.54) is 5.56 Å². The van der Waals surface area contributed by atoms with Gasteiger partial charge in [-0.1, -0.05) is 30.3 Å². The Kier molecular flexibility index (Phi) is 6.23. The predicted molar refractivity (Wildman–Crippen MR) is 97.0 cm³/mol. The fourth-order valence-electron chi connectivity index (χ4n) is 2.28. The molecule has 0 radical (unpaired) electrons. The van der Waals surface area contributed by atoms with Gasteiger partial charge in [-0.3, -0.25) is 0 Å². The van der Waals surface area contributed by atoms with Crippen LogP contribution >= 0.6 is 12.2 Å². The fourth-order valence-corrected chi connectivity index (χ4v) is 2.53. The Morgan fingerprint density at radius 1 is 1.09 bits per heavy atom. The molecule has 0 amide bonds. The van der Waals surface area contributed by atoms with Crippen molar-refractivity contribution in [1.29, 1.82) is 0 Å². The van der Waals surface area contributed by atoms with Gasteiger partial charge in [0.25, 0.3) is 0 Å². The van der Waals surface area contributed by atoms with Gasteiger partial charge in [0.1, 0.15) is 11.5 Å². The summed E-state index contributed by atoms with van der Waals surface area (Å²) < 4.78 is 10.7. The maximum Gasteiger partial charge on any atom is 0.167 e. The number of thiocarbonyl (C=S) groups is 1. The van der Waals surface area contributed by atoms with E-state index in [9.17, 15) is 0 Å². The molecule has 0 fully saturated rings. The molecule has 2 aromatic carbocycles. The smallest absolute Gasteiger partial charge is 0.167 e. The van der Waals surface area contributed by atoms with Crippen LogP contribution in [0.2, 0.25) is 0 Å². The van der Waals surface area contributed by atoms with E-state index in [-0.39, 0.29) is 6.04 Å². The van der Waals surface area contributed by atoms with E-state index in [0.29, 0.717) is 11.7 Å². The summed E-state index contributed by atoms with van der Waals surface area (Å²) in [6, 6.07) is 15.9. The molecular weight excluding hydrogens is 308 g/mol. The summed E-state index contributed by atoms with van der Waals surface area (Å²) in [6.45, 7) is 2.72. The molecule has 0 aliphatic rings. The van der Waals surface area contributed by atoms with Gasteiger partial charge in [-0.2, -0.15) is 0 Å². The number of hydrogen-bond donors (Lipinski definition) is 2. The highest BCUT2D eigenvalue weighted by Crippen LogP contribution is 2.29. The molecule has 0 aromatic heterocycles. The molecule has 122 valence electrons. The van der Waals surface area contributed by atoms with Crippen molar-refractivity contribution in [3.8, 4) is 11.5 Å². The highest BCUT2D eigenvalue weighted by atomic mass is 32.1. The molecule has 0 aliphatic heterocycles. The summed E-state index contributed by atoms with van der Waals surface area (Å²) in [5.74, 6) is 1.59. The normalized spacial score (nSPS) is 11.4. The van der Waals surface area contributed by atoms with Gasteiger partial charge in [-0.25, -0.2) is 0 Å². The maximum absolute atomic E-state index is 5.42. The molecule has 1 atom stereocenters. The molecule has 0 heterocycles. The number of methoxy groups -OCH3 is 2. The van der Waals surface area contributed by atoms with Crippen molar-refractivity contribution in [3.05, 3.63) is 59.7 Å². The van der Waals surface area contributed by atoms with Gasteiger partial charge in [0.2, 0.25) is 0 Å². The van der Waals surface area contributed by atoms with Crippen LogP contribution in [-0.2, 0) is 6.54 Å². The Bertz CT molecular complexity index is 647. The molecule has 0 aliphatic carbocycles. The first-order chi connectivity index (χ1) is 11.1. The number of hydrogen-bond acceptors (Lipinski definition) is 3. The Morgan fingerprint density at radius 3 is 2.48 bits per heavy atom. The minimum Gasteiger partial charge on any atom is -0.497 e. The lowest BCUT2D eigenvalue weighted by Crippen LogP contribution is -2.36. The summed E-state index contributed by atoms with van der Waals surface area (Å²) >= 11 is 5.38. The zero-order valence-electron chi connectivity index (χ0n) is 13.6. The molecule has 2 N–H and O–H groups in total. The molecule has 4 nitrogen and oxygen atoms in total. The van der Waals surface area contributed by atoms with Gasteiger partial charge in [0, 0.05) is 12.1 Å². The number of benzene rings is 2. The summed E-state index contributed by atoms with van der Waals surface area (Å²) in [5, 5.41) is 7.09. The summed E-state index contributed by atoms with van der Waals surface area (Å²) in [5.41, 5.74) is 2.18. The maximum atomic E-state index is 5.42. The van der Waals surface area contributed by atoms with Crippen LogP contribution in [0.15, 0.2) is 48.5 Å². The van der Waals surface area contributed by atoms with E-state index in [4.69, 9.17) is 21.7 Å². The highest BCUT2D eigenvalue weighted by molar-refractivity contribution is 7.80. The third-order valence-electron chi connectivity index (χ3n) is 3.55. The van der Waals surface area contributed by atoms with E-state index in [1.54, 1.807) is 14.2 Å². The fraction of sp³-hybridized carbons (Fsp3) is 0.278. The third kappa shape index (κ3) is 4.86. The van der Waals surface area contributed by atoms with E-state index < -0.39 is 0 Å². The topological polar surface area (TPSA) is 42.5 Å². The standard InChI is InChI=1S/C18H22N2O2S/c1-13(16-11-15(21-2)9-10-17(16)22-3)20-18(23)19-12-14-7-5-4-6-8-14/h4-11,13H,12H2,1-3H3,(H2,19,20,23)/t13-/m0/s1. The van der Waals surface area contributed by atoms with E-state index in [0.717, 1.165) is 17.1 Å². The Morgan fingerprint density at radius 2 is 1.83 bits per heavy atom. The van der Waals surface area contributed by atoms with Crippen LogP contribution in [0.25, 0.3) is 0 Å². The van der Waals surface area contributed by atoms with Gasteiger partial charge >= 0.3 is 0 Å². The lowest BCUT2D eigenvalue weighted by Gasteiger charge is -2.20. The van der Waals surface area contributed by atoms with Crippen molar-refractivity contribution in [3.63, 3.8) is 0 Å². The van der Waals surface area contributed by atoms with Crippen LogP contribution in [-0.4, -0.2) is 19.3 Å². The summed E-state index contributed by atoms with van der Waals surface area (Å²) in [7, 11) is 3.31. The SMILES string of the molecule is COc1ccc(OC)c([C@H](C)NC(=S)NCc2ccccc2)c1. The van der Waals surface area contributed by atoms with Crippen molar-refractivity contribution >= 4 is 17.3 Å². The minimum atomic E-state index is -0.00387. The first-order valence-electron chi connectivity index (χ1n) is 7.44. The average Bonchev–Trinajstić information content (AvgIpc) is 2.60. The van der Waals surface area contributed by atoms with Crippen LogP contribution in [0, 0.1) is 0 Å². The minimum absolute atomic E-state index is 0.00387. The molecule has 2 rings (SSSR count). The Balaban J connectivity index is 1.98. The van der Waals surface area contributed by atoms with Crippen LogP contribution in [0.5, 0.6) is 11.5 Å². The van der Waals surface area contributed by atoms with Gasteiger partial charge in [-0.05, 0) is 42.9 Å². The van der Waals surface area contributed by atoms with Crippen LogP contribution in [0.1, 0.15) is 24.1 Å². The number of ether oxygens (including phenoxy) is 2. The zero-order chi connectivity index (χ0) is 16.7. The lowest BCUT2D eigenvalue weighted by atomic mass is 10.1. The number of rotatable bonds is 6. The van der Waals surface area contributed by atoms with Gasteiger partial charge in [-0.15, -0.1) is 0 Å². The van der Waals surface area contributed by atoms with Crippen molar-refractivity contribution in [2.24, 2.45) is 0 Å². The predicted octanol–water partition coefficient (Wildman–Crippen LogP) is 3.43. The van der Waals surface area contributed by atoms with Gasteiger partial charge in [0.15, 0.2) is 5.11 Å². The van der Waals surface area contributed by atoms with Gasteiger partial charge in [0.05, 0.1) is 20.3 Å². The lowest BCUT2D eigenvalue weighted by molar-refractivity contribution is 0.395. The number of nitrogens with one attached hydrogen (secondary N) is 2. The van der Waals surface area contributed by atoms with Crippen LogP contribution in [0.4, 0.5) is 0 Å². The first-order valence-corrected chi connectivity index (χ1v) is 7.85. The second-order valence-corrected chi connectivity index (χ2v) is 5.55. The van der Waals surface area contributed by atoms with E-state index in [2.05, 4.69) is 22.8 Å². The van der Waals surface area contributed by atoms with Crippen LogP contribution in [0.3, 0.4) is 0 Å². The molecule has 5 heteroatoms. The first kappa shape index (κ1) is 17.1. The molecule has 23 heavy (non-hydrogen) atoms. The van der Waals surface area contributed by atoms with Crippen molar-refractivity contribution in [2.45, 2.75) is 19.5 Å². The molecule has 0 bridgehead atoms. The molecule has 0 unspecified atom stereocenters.